The molecule has 0 fully saturated rings. The molecule has 0 aliphatic carbocycles. The van der Waals surface area contributed by atoms with Gasteiger partial charge in [-0.2, -0.15) is 0 Å². The molecule has 426 valence electrons. The normalized spacial score (nSPS) is 14.4. The van der Waals surface area contributed by atoms with Gasteiger partial charge < -0.3 is 28.5 Å². The lowest BCUT2D eigenvalue weighted by Crippen LogP contribution is -2.47. The van der Waals surface area contributed by atoms with Gasteiger partial charge in [-0.05, 0) is 109 Å². The van der Waals surface area contributed by atoms with Crippen LogP contribution in [0.15, 0.2) is 97.2 Å². The Morgan fingerprint density at radius 2 is 0.865 bits per heavy atom. The van der Waals surface area contributed by atoms with E-state index in [1.165, 1.54) is 70.6 Å². The maximum absolute atomic E-state index is 13.5. The summed E-state index contributed by atoms with van der Waals surface area (Å²) in [5.41, 5.74) is 0. The van der Waals surface area contributed by atoms with Crippen LogP contribution >= 0.6 is 7.82 Å². The van der Waals surface area contributed by atoms with Crippen LogP contribution in [0.4, 0.5) is 0 Å². The van der Waals surface area contributed by atoms with Gasteiger partial charge in [0.15, 0.2) is 0 Å². The second-order valence-electron chi connectivity index (χ2n) is 21.1. The third-order valence-electron chi connectivity index (χ3n) is 12.7. The Morgan fingerprint density at radius 3 is 1.32 bits per heavy atom. The summed E-state index contributed by atoms with van der Waals surface area (Å²) in [4.78, 5) is 39.9. The van der Waals surface area contributed by atoms with E-state index in [1.807, 2.05) is 33.3 Å². The van der Waals surface area contributed by atoms with Crippen molar-refractivity contribution in [2.45, 2.75) is 258 Å². The van der Waals surface area contributed by atoms with Crippen LogP contribution in [0.3, 0.4) is 0 Å². The van der Waals surface area contributed by atoms with Crippen molar-refractivity contribution in [2.75, 3.05) is 40.9 Å². The van der Waals surface area contributed by atoms with Crippen molar-refractivity contribution in [1.82, 2.24) is 5.32 Å². The molecule has 0 aliphatic rings. The zero-order chi connectivity index (χ0) is 54.3. The standard InChI is InChI=1S/C64H113N2O7P/c1-7-10-13-16-19-22-25-27-29-31-32-33-34-35-37-39-42-45-48-51-54-57-64(68)73-62(55-52-49-46-43-40-24-21-18-15-12-9-3)61(60-72-74(69,70)71-59-58-66(4,5)6)65-63(67)56-53-50-47-44-41-38-36-30-28-26-23-20-17-14-11-8-2/h11,14,19-20,22-23,27-30,32-33,35,37,52,55,61-62H,7-10,12-13,15-18,21,24-26,31,34,36,38-51,53-54,56-60H2,1-6H3,(H-,65,67,69,70)/b14-11+,22-19-,23-20+,29-27-,30-28+,33-32-,37-35-,55-52+. The number of amides is 1. The molecule has 0 rings (SSSR count). The SMILES string of the molecule is CC/C=C/C/C=C/C/C=C/CCCCCCCCC(=O)NC(COP(=O)([O-])OCC[N+](C)(C)C)C(/C=C/CCCCCCCCCCC)OC(=O)CCCCCCC/C=C\C/C=C\C/C=C\C/C=C\CCCCC. The number of hydrogen-bond acceptors (Lipinski definition) is 7. The fourth-order valence-corrected chi connectivity index (χ4v) is 8.83. The predicted octanol–water partition coefficient (Wildman–Crippen LogP) is 17.8. The van der Waals surface area contributed by atoms with E-state index in [0.717, 1.165) is 135 Å². The summed E-state index contributed by atoms with van der Waals surface area (Å²) in [5.74, 6) is -0.583. The Balaban J connectivity index is 5.31. The van der Waals surface area contributed by atoms with Crippen LogP contribution in [0.5, 0.6) is 0 Å². The van der Waals surface area contributed by atoms with E-state index in [-0.39, 0.29) is 24.9 Å². The molecule has 0 saturated carbocycles. The first-order valence-corrected chi connectivity index (χ1v) is 31.5. The Morgan fingerprint density at radius 1 is 0.486 bits per heavy atom. The van der Waals surface area contributed by atoms with Gasteiger partial charge in [0, 0.05) is 12.8 Å². The second kappa shape index (κ2) is 53.3. The predicted molar refractivity (Wildman–Crippen MR) is 316 cm³/mol. The summed E-state index contributed by atoms with van der Waals surface area (Å²) in [6.45, 7) is 6.66. The van der Waals surface area contributed by atoms with Crippen LogP contribution in [0.1, 0.15) is 245 Å². The van der Waals surface area contributed by atoms with Crippen molar-refractivity contribution < 1.29 is 37.3 Å². The van der Waals surface area contributed by atoms with Gasteiger partial charge >= 0.3 is 5.97 Å². The van der Waals surface area contributed by atoms with Gasteiger partial charge in [-0.3, -0.25) is 14.2 Å². The van der Waals surface area contributed by atoms with Gasteiger partial charge in [-0.25, -0.2) is 0 Å². The average Bonchev–Trinajstić information content (AvgIpc) is 3.36. The fourth-order valence-electron chi connectivity index (χ4n) is 8.11. The van der Waals surface area contributed by atoms with Crippen LogP contribution in [-0.4, -0.2) is 69.4 Å². The lowest BCUT2D eigenvalue weighted by Gasteiger charge is -2.30. The molecule has 1 amide bonds. The topological polar surface area (TPSA) is 114 Å². The molecule has 0 heterocycles. The Hall–Kier alpha value is -3.07. The van der Waals surface area contributed by atoms with E-state index < -0.39 is 26.6 Å². The molecule has 10 heteroatoms. The number of esters is 1. The fraction of sp³-hybridized carbons (Fsp3) is 0.719. The number of hydrogen-bond donors (Lipinski definition) is 1. The minimum absolute atomic E-state index is 0.0331. The summed E-state index contributed by atoms with van der Waals surface area (Å²) in [7, 11) is 1.15. The molecular formula is C64H113N2O7P. The first-order chi connectivity index (χ1) is 35.9. The summed E-state index contributed by atoms with van der Waals surface area (Å²) in [5, 5.41) is 3.01. The van der Waals surface area contributed by atoms with E-state index in [2.05, 4.69) is 111 Å². The number of likely N-dealkylation sites (N-methyl/N-ethyl adjacent to an activating group) is 1. The molecule has 1 N–H and O–H groups in total. The Bertz CT molecular complexity index is 1590. The summed E-state index contributed by atoms with van der Waals surface area (Å²) < 4.78 is 30.2. The van der Waals surface area contributed by atoms with Gasteiger partial charge in [0.2, 0.25) is 5.91 Å². The number of unbranched alkanes of at least 4 members (excludes halogenated alkanes) is 23. The lowest BCUT2D eigenvalue weighted by atomic mass is 10.1. The molecule has 3 unspecified atom stereocenters. The van der Waals surface area contributed by atoms with Gasteiger partial charge in [-0.15, -0.1) is 0 Å². The van der Waals surface area contributed by atoms with Gasteiger partial charge in [0.25, 0.3) is 7.82 Å². The van der Waals surface area contributed by atoms with Crippen molar-refractivity contribution in [1.29, 1.82) is 0 Å². The number of quaternary nitrogens is 1. The minimum atomic E-state index is -4.71. The number of rotatable bonds is 53. The van der Waals surface area contributed by atoms with Crippen LogP contribution in [0, 0.1) is 0 Å². The molecule has 0 saturated heterocycles. The molecule has 0 bridgehead atoms. The van der Waals surface area contributed by atoms with Crippen molar-refractivity contribution in [2.24, 2.45) is 0 Å². The van der Waals surface area contributed by atoms with Crippen LogP contribution in [0.25, 0.3) is 0 Å². The minimum Gasteiger partial charge on any atom is -0.756 e. The molecule has 0 aromatic rings. The summed E-state index contributed by atoms with van der Waals surface area (Å²) >= 11 is 0. The van der Waals surface area contributed by atoms with Crippen LogP contribution in [-0.2, 0) is 27.9 Å². The Labute approximate surface area is 456 Å². The third-order valence-corrected chi connectivity index (χ3v) is 13.7. The van der Waals surface area contributed by atoms with Gasteiger partial charge in [0.1, 0.15) is 19.3 Å². The zero-order valence-corrected chi connectivity index (χ0v) is 49.4. The van der Waals surface area contributed by atoms with Crippen LogP contribution < -0.4 is 10.2 Å². The van der Waals surface area contributed by atoms with Crippen molar-refractivity contribution >= 4 is 19.7 Å². The van der Waals surface area contributed by atoms with E-state index in [0.29, 0.717) is 23.9 Å². The number of nitrogens with zero attached hydrogens (tertiary/aromatic N) is 1. The molecule has 0 radical (unpaired) electrons. The smallest absolute Gasteiger partial charge is 0.306 e. The Kier molecular flexibility index (Phi) is 51.1. The van der Waals surface area contributed by atoms with Gasteiger partial charge in [0.05, 0.1) is 33.8 Å². The highest BCUT2D eigenvalue weighted by Gasteiger charge is 2.27. The molecule has 0 spiro atoms. The number of allylic oxidation sites excluding steroid dienone is 15. The maximum Gasteiger partial charge on any atom is 0.306 e. The third kappa shape index (κ3) is 53.7. The molecular weight excluding hydrogens is 940 g/mol. The number of nitrogens with one attached hydrogen (secondary N) is 1. The highest BCUT2D eigenvalue weighted by molar-refractivity contribution is 7.45. The second-order valence-corrected chi connectivity index (χ2v) is 22.5. The number of ether oxygens (including phenoxy) is 1. The van der Waals surface area contributed by atoms with Crippen molar-refractivity contribution in [3.8, 4) is 0 Å². The van der Waals surface area contributed by atoms with E-state index in [1.54, 1.807) is 0 Å². The number of phosphoric acid groups is 1. The molecule has 0 aliphatic heterocycles. The molecule has 3 atom stereocenters. The number of carbonyl (C=O) groups is 2. The van der Waals surface area contributed by atoms with E-state index in [4.69, 9.17) is 13.8 Å². The first kappa shape index (κ1) is 70.9. The first-order valence-electron chi connectivity index (χ1n) is 30.0. The molecule has 0 aromatic heterocycles. The van der Waals surface area contributed by atoms with E-state index in [9.17, 15) is 19.0 Å². The highest BCUT2D eigenvalue weighted by atomic mass is 31.2. The van der Waals surface area contributed by atoms with Gasteiger partial charge in [-0.1, -0.05) is 221 Å². The molecule has 9 nitrogen and oxygen atoms in total. The number of phosphoric ester groups is 1. The molecule has 0 aromatic carbocycles. The van der Waals surface area contributed by atoms with E-state index >= 15 is 0 Å². The highest BCUT2D eigenvalue weighted by Crippen LogP contribution is 2.38. The quantitative estimate of drug-likeness (QED) is 0.0212. The molecule has 74 heavy (non-hydrogen) atoms. The maximum atomic E-state index is 13.5. The monoisotopic (exact) mass is 1050 g/mol. The average molecular weight is 1050 g/mol. The van der Waals surface area contributed by atoms with Crippen LogP contribution in [0.2, 0.25) is 0 Å². The largest absolute Gasteiger partial charge is 0.756 e. The van der Waals surface area contributed by atoms with Crippen molar-refractivity contribution in [3.63, 3.8) is 0 Å². The van der Waals surface area contributed by atoms with Crippen molar-refractivity contribution in [3.05, 3.63) is 97.2 Å². The lowest BCUT2D eigenvalue weighted by molar-refractivity contribution is -0.870. The zero-order valence-electron chi connectivity index (χ0n) is 48.5. The number of carbonyl (C=O) groups excluding carboxylic acids is 2. The summed E-state index contributed by atoms with van der Waals surface area (Å²) in [6, 6.07) is -0.908. The summed E-state index contributed by atoms with van der Waals surface area (Å²) in [6.07, 6.45) is 70.8.